The highest BCUT2D eigenvalue weighted by molar-refractivity contribution is 8.29. The highest BCUT2D eigenvalue weighted by atomic mass is 32.3. The first-order chi connectivity index (χ1) is 29.9. The number of benzene rings is 2. The summed E-state index contributed by atoms with van der Waals surface area (Å²) in [7, 11) is -2.16. The third-order valence-electron chi connectivity index (χ3n) is 14.4. The van der Waals surface area contributed by atoms with Crippen molar-refractivity contribution in [3.8, 4) is 0 Å². The quantitative estimate of drug-likeness (QED) is 0.121. The molecule has 1 amide bonds. The van der Waals surface area contributed by atoms with Crippen molar-refractivity contribution in [2.75, 3.05) is 19.1 Å². The van der Waals surface area contributed by atoms with Crippen LogP contribution in [0.3, 0.4) is 0 Å². The highest BCUT2D eigenvalue weighted by Gasteiger charge is 2.78. The van der Waals surface area contributed by atoms with E-state index >= 15 is 9.59 Å². The number of fused-ring (bicyclic) bond motifs is 5. The fraction of sp³-hybridized carbons (Fsp3) is 0.612. The van der Waals surface area contributed by atoms with Crippen LogP contribution in [-0.4, -0.2) is 122 Å². The predicted molar refractivity (Wildman–Crippen MR) is 242 cm³/mol. The van der Waals surface area contributed by atoms with Gasteiger partial charge in [-0.1, -0.05) is 83.1 Å². The Balaban J connectivity index is 1.55. The monoisotopic (exact) mass is 925 g/mol. The lowest BCUT2D eigenvalue weighted by Gasteiger charge is -2.67. The van der Waals surface area contributed by atoms with E-state index in [4.69, 9.17) is 27.9 Å². The average molecular weight is 926 g/mol. The zero-order chi connectivity index (χ0) is 48.5. The number of nitrogens with one attached hydrogen (secondary N) is 1. The smallest absolute Gasteiger partial charge is 0.408 e. The SMILES string of the molecule is CC(=O)O[C@@]12CO[C@@H]1C[C@H](O)[C@@]1(C)C(=O)C(O)C3=C(C)[C@@H](OC(=O)[C@H](OS(C)(C)C(C)(C)C)[C@@H](NC(=O)OC(C)(C)C)c4ccccc4)CC(O)([C@@H](OC(=O)c4ccccc4)C12)C3(C)C. The maximum Gasteiger partial charge on any atom is 0.408 e. The normalized spacial score (nSPS) is 32.2. The van der Waals surface area contributed by atoms with Crippen LogP contribution in [0, 0.1) is 16.7 Å². The summed E-state index contributed by atoms with van der Waals surface area (Å²) in [6.45, 7) is 18.1. The molecule has 2 saturated carbocycles. The van der Waals surface area contributed by atoms with Gasteiger partial charge in [-0.15, -0.1) is 10.3 Å². The van der Waals surface area contributed by atoms with Gasteiger partial charge in [0.05, 0.1) is 35.6 Å². The minimum atomic E-state index is -2.34. The van der Waals surface area contributed by atoms with Crippen molar-refractivity contribution >= 4 is 40.1 Å². The van der Waals surface area contributed by atoms with Gasteiger partial charge in [-0.2, -0.15) is 0 Å². The van der Waals surface area contributed by atoms with Crippen LogP contribution >= 0.6 is 10.3 Å². The molecule has 2 bridgehead atoms. The van der Waals surface area contributed by atoms with Gasteiger partial charge in [-0.25, -0.2) is 14.4 Å². The van der Waals surface area contributed by atoms with E-state index in [1.54, 1.807) is 90.1 Å². The van der Waals surface area contributed by atoms with Crippen LogP contribution in [0.2, 0.25) is 0 Å². The average Bonchev–Trinajstić information content (AvgIpc) is 3.20. The molecule has 4 N–H and O–H groups in total. The van der Waals surface area contributed by atoms with E-state index in [1.807, 2.05) is 33.3 Å². The number of Topliss-reactive ketones (excluding diaryl/α,β-unsaturated/α-hetero) is 1. The third-order valence-corrected chi connectivity index (χ3v) is 18.0. The molecule has 0 radical (unpaired) electrons. The number of ether oxygens (including phenoxy) is 5. The second-order valence-electron chi connectivity index (χ2n) is 21.0. The minimum Gasteiger partial charge on any atom is -0.456 e. The van der Waals surface area contributed by atoms with E-state index in [0.29, 0.717) is 5.56 Å². The zero-order valence-electron chi connectivity index (χ0n) is 39.8. The summed E-state index contributed by atoms with van der Waals surface area (Å²) in [5.41, 5.74) is -7.79. The summed E-state index contributed by atoms with van der Waals surface area (Å²) in [5, 5.41) is 41.1. The van der Waals surface area contributed by atoms with E-state index in [9.17, 15) is 29.7 Å². The lowest BCUT2D eigenvalue weighted by molar-refractivity contribution is -0.346. The zero-order valence-corrected chi connectivity index (χ0v) is 40.6. The number of alkyl carbamates (subject to hydrolysis) is 1. The summed E-state index contributed by atoms with van der Waals surface area (Å²) in [6, 6.07) is 15.5. The fourth-order valence-electron chi connectivity index (χ4n) is 10.0. The summed E-state index contributed by atoms with van der Waals surface area (Å²) < 4.78 is 36.9. The van der Waals surface area contributed by atoms with Crippen LogP contribution in [0.1, 0.15) is 111 Å². The lowest BCUT2D eigenvalue weighted by Crippen LogP contribution is -2.81. The number of ketones is 1. The summed E-state index contributed by atoms with van der Waals surface area (Å²) in [4.78, 5) is 71.4. The molecule has 0 aromatic heterocycles. The number of esters is 3. The summed E-state index contributed by atoms with van der Waals surface area (Å²) in [5.74, 6) is -5.00. The number of aliphatic hydroxyl groups is 3. The van der Waals surface area contributed by atoms with Crippen molar-refractivity contribution in [1.29, 1.82) is 0 Å². The van der Waals surface area contributed by atoms with E-state index < -0.39 is 127 Å². The molecule has 2 aromatic rings. The van der Waals surface area contributed by atoms with Gasteiger partial charge in [0.15, 0.2) is 17.5 Å². The first-order valence-corrected chi connectivity index (χ1v) is 24.4. The van der Waals surface area contributed by atoms with Gasteiger partial charge < -0.3 is 48.5 Å². The molecule has 16 heteroatoms. The van der Waals surface area contributed by atoms with Crippen molar-refractivity contribution < 1.29 is 67.2 Å². The number of hydrogen-bond donors (Lipinski definition) is 4. The van der Waals surface area contributed by atoms with Gasteiger partial charge in [0.1, 0.15) is 35.6 Å². The molecule has 0 spiro atoms. The molecular weight excluding hydrogens is 859 g/mol. The molecule has 358 valence electrons. The molecule has 3 unspecified atom stereocenters. The number of rotatable bonds is 10. The molecular formula is C49H67NO14S. The maximum absolute atomic E-state index is 15.2. The molecule has 1 heterocycles. The van der Waals surface area contributed by atoms with Crippen LogP contribution in [0.5, 0.6) is 0 Å². The van der Waals surface area contributed by atoms with Crippen LogP contribution < -0.4 is 5.32 Å². The molecule has 15 nitrogen and oxygen atoms in total. The molecule has 65 heavy (non-hydrogen) atoms. The third kappa shape index (κ3) is 8.86. The molecule has 3 fully saturated rings. The van der Waals surface area contributed by atoms with E-state index in [1.165, 1.54) is 26.0 Å². The highest BCUT2D eigenvalue weighted by Crippen LogP contribution is 2.64. The largest absolute Gasteiger partial charge is 0.456 e. The minimum absolute atomic E-state index is 0.0141. The summed E-state index contributed by atoms with van der Waals surface area (Å²) >= 11 is 0. The number of aliphatic hydroxyl groups excluding tert-OH is 2. The number of carbonyl (C=O) groups is 5. The standard InChI is InChI=1S/C49H67NO14S/c1-27-31(60-42(56)37(64-65(12,13)45(6,7)8)35(29-20-16-14-17-21-29)50-43(57)63-44(3,4)5)25-49(58)40(61-41(55)30-22-18-15-19-23-30)38-47(11,39(54)36(53)34(27)46(49,9)10)32(52)24-33-48(38,26-59-33)62-28(2)51/h14-23,31-33,35-38,40,52-53,58H,24-26H2,1-13H3,(H,50,57)/t31-,32-,33+,35-,36?,37+,38?,40-,47+,48-,49?/m0/s1. The summed E-state index contributed by atoms with van der Waals surface area (Å²) in [6.07, 6.45) is -6.93. The van der Waals surface area contributed by atoms with E-state index in [-0.39, 0.29) is 29.7 Å². The van der Waals surface area contributed by atoms with Crippen molar-refractivity contribution in [1.82, 2.24) is 5.32 Å². The van der Waals surface area contributed by atoms with Gasteiger partial charge in [-0.3, -0.25) is 9.59 Å². The first kappa shape index (κ1) is 50.1. The van der Waals surface area contributed by atoms with Gasteiger partial charge in [0, 0.05) is 29.9 Å². The molecule has 6 rings (SSSR count). The predicted octanol–water partition coefficient (Wildman–Crippen LogP) is 6.06. The lowest BCUT2D eigenvalue weighted by atomic mass is 9.44. The van der Waals surface area contributed by atoms with Crippen molar-refractivity contribution in [3.63, 3.8) is 0 Å². The molecule has 1 aliphatic heterocycles. The van der Waals surface area contributed by atoms with Gasteiger partial charge in [0.2, 0.25) is 0 Å². The van der Waals surface area contributed by atoms with Crippen molar-refractivity contribution in [2.24, 2.45) is 16.7 Å². The van der Waals surface area contributed by atoms with Crippen LogP contribution in [0.4, 0.5) is 4.79 Å². The van der Waals surface area contributed by atoms with Crippen molar-refractivity contribution in [2.45, 2.75) is 153 Å². The topological polar surface area (TPSA) is 213 Å². The van der Waals surface area contributed by atoms with Crippen LogP contribution in [0.15, 0.2) is 71.8 Å². The number of amides is 1. The second-order valence-corrected chi connectivity index (χ2v) is 24.9. The molecule has 3 aliphatic carbocycles. The maximum atomic E-state index is 15.2. The van der Waals surface area contributed by atoms with Crippen LogP contribution in [-0.2, 0) is 42.3 Å². The number of carbonyl (C=O) groups excluding carboxylic acids is 5. The second kappa shape index (κ2) is 17.4. The van der Waals surface area contributed by atoms with Gasteiger partial charge in [-0.05, 0) is 76.0 Å². The Morgan fingerprint density at radius 3 is 2.02 bits per heavy atom. The van der Waals surface area contributed by atoms with Crippen molar-refractivity contribution in [3.05, 3.63) is 82.9 Å². The Hall–Kier alpha value is -4.32. The molecule has 4 aliphatic rings. The molecule has 11 atom stereocenters. The fourth-order valence-corrected chi connectivity index (χ4v) is 11.0. The molecule has 2 aromatic carbocycles. The Morgan fingerprint density at radius 2 is 1.49 bits per heavy atom. The Morgan fingerprint density at radius 1 is 0.908 bits per heavy atom. The Labute approximate surface area is 383 Å². The van der Waals surface area contributed by atoms with E-state index in [0.717, 1.165) is 0 Å². The molecule has 1 saturated heterocycles. The first-order valence-electron chi connectivity index (χ1n) is 22.0. The van der Waals surface area contributed by atoms with E-state index in [2.05, 4.69) is 5.32 Å². The van der Waals surface area contributed by atoms with Crippen LogP contribution in [0.25, 0.3) is 0 Å². The van der Waals surface area contributed by atoms with Gasteiger partial charge >= 0.3 is 24.0 Å². The Kier molecular flexibility index (Phi) is 13.4. The Bertz CT molecular complexity index is 2200. The number of hydrogen-bond acceptors (Lipinski definition) is 14. The van der Waals surface area contributed by atoms with Gasteiger partial charge in [0.25, 0.3) is 0 Å².